The molecule has 1 fully saturated rings. The van der Waals surface area contributed by atoms with Gasteiger partial charge in [-0.1, -0.05) is 12.1 Å². The van der Waals surface area contributed by atoms with Crippen molar-refractivity contribution in [3.05, 3.63) is 89.5 Å². The quantitative estimate of drug-likeness (QED) is 0.597. The van der Waals surface area contributed by atoms with Crippen LogP contribution in [0.4, 0.5) is 14.5 Å². The number of amides is 1. The first-order valence-electron chi connectivity index (χ1n) is 11.2. The SMILES string of the molecule is O=C(NCC(c1ccc2c(c1)OCO2)N1CCN(c2ccc(F)cc2)CC1)c1cccc(F)c1. The minimum Gasteiger partial charge on any atom is -0.454 e. The first kappa shape index (κ1) is 22.2. The van der Waals surface area contributed by atoms with E-state index in [-0.39, 0.29) is 30.1 Å². The van der Waals surface area contributed by atoms with Crippen LogP contribution in [-0.2, 0) is 0 Å². The Morgan fingerprint density at radius 1 is 0.882 bits per heavy atom. The number of rotatable bonds is 6. The van der Waals surface area contributed by atoms with Gasteiger partial charge in [-0.25, -0.2) is 8.78 Å². The Bertz CT molecular complexity index is 1160. The Labute approximate surface area is 196 Å². The predicted molar refractivity (Wildman–Crippen MR) is 124 cm³/mol. The van der Waals surface area contributed by atoms with Crippen LogP contribution in [0.15, 0.2) is 66.7 Å². The molecule has 0 aromatic heterocycles. The number of nitrogens with zero attached hydrogens (tertiary/aromatic N) is 2. The van der Waals surface area contributed by atoms with Crippen LogP contribution in [0.5, 0.6) is 11.5 Å². The van der Waals surface area contributed by atoms with Crippen LogP contribution in [0.1, 0.15) is 22.0 Å². The van der Waals surface area contributed by atoms with E-state index in [2.05, 4.69) is 15.1 Å². The zero-order chi connectivity index (χ0) is 23.5. The van der Waals surface area contributed by atoms with Gasteiger partial charge in [0.15, 0.2) is 11.5 Å². The molecule has 0 saturated carbocycles. The summed E-state index contributed by atoms with van der Waals surface area (Å²) in [6.45, 7) is 3.59. The molecule has 34 heavy (non-hydrogen) atoms. The third-order valence-corrected chi connectivity index (χ3v) is 6.27. The Morgan fingerprint density at radius 3 is 2.41 bits per heavy atom. The molecule has 3 aromatic carbocycles. The van der Waals surface area contributed by atoms with E-state index >= 15 is 0 Å². The van der Waals surface area contributed by atoms with E-state index in [4.69, 9.17) is 9.47 Å². The van der Waals surface area contributed by atoms with Crippen molar-refractivity contribution in [1.29, 1.82) is 0 Å². The molecule has 2 aliphatic heterocycles. The summed E-state index contributed by atoms with van der Waals surface area (Å²) < 4.78 is 37.9. The Kier molecular flexibility index (Phi) is 6.31. The second-order valence-electron chi connectivity index (χ2n) is 8.35. The van der Waals surface area contributed by atoms with Crippen molar-refractivity contribution >= 4 is 11.6 Å². The Hall–Kier alpha value is -3.65. The van der Waals surface area contributed by atoms with Gasteiger partial charge in [-0.05, 0) is 60.2 Å². The molecule has 6 nitrogen and oxygen atoms in total. The number of anilines is 1. The second kappa shape index (κ2) is 9.69. The highest BCUT2D eigenvalue weighted by molar-refractivity contribution is 5.94. The number of hydrogen-bond acceptors (Lipinski definition) is 5. The predicted octanol–water partition coefficient (Wildman–Crippen LogP) is 3.99. The molecule has 8 heteroatoms. The fraction of sp³-hybridized carbons (Fsp3) is 0.269. The zero-order valence-corrected chi connectivity index (χ0v) is 18.5. The van der Waals surface area contributed by atoms with Crippen molar-refractivity contribution in [2.24, 2.45) is 0 Å². The third kappa shape index (κ3) is 4.82. The van der Waals surface area contributed by atoms with Crippen LogP contribution in [0.3, 0.4) is 0 Å². The summed E-state index contributed by atoms with van der Waals surface area (Å²) >= 11 is 0. The van der Waals surface area contributed by atoms with E-state index in [0.29, 0.717) is 18.0 Å². The number of hydrogen-bond donors (Lipinski definition) is 1. The summed E-state index contributed by atoms with van der Waals surface area (Å²) in [4.78, 5) is 17.2. The first-order valence-corrected chi connectivity index (χ1v) is 11.2. The Balaban J connectivity index is 1.32. The highest BCUT2D eigenvalue weighted by Crippen LogP contribution is 2.35. The molecular formula is C26H25F2N3O3. The molecule has 176 valence electrons. The zero-order valence-electron chi connectivity index (χ0n) is 18.5. The maximum absolute atomic E-state index is 13.6. The molecule has 0 aliphatic carbocycles. The summed E-state index contributed by atoms with van der Waals surface area (Å²) in [7, 11) is 0. The van der Waals surface area contributed by atoms with Crippen molar-refractivity contribution in [1.82, 2.24) is 10.2 Å². The number of piperazine rings is 1. The van der Waals surface area contributed by atoms with Gasteiger partial charge in [0.25, 0.3) is 5.91 Å². The van der Waals surface area contributed by atoms with E-state index in [9.17, 15) is 13.6 Å². The normalized spacial score (nSPS) is 16.4. The van der Waals surface area contributed by atoms with Gasteiger partial charge in [-0.15, -0.1) is 0 Å². The van der Waals surface area contributed by atoms with Gasteiger partial charge in [0.05, 0.1) is 6.04 Å². The lowest BCUT2D eigenvalue weighted by atomic mass is 10.0. The molecule has 0 bridgehead atoms. The monoisotopic (exact) mass is 465 g/mol. The molecule has 1 unspecified atom stereocenters. The fourth-order valence-corrected chi connectivity index (χ4v) is 4.44. The summed E-state index contributed by atoms with van der Waals surface area (Å²) in [5, 5.41) is 2.96. The first-order chi connectivity index (χ1) is 16.6. The van der Waals surface area contributed by atoms with Gasteiger partial charge in [0.1, 0.15) is 11.6 Å². The number of ether oxygens (including phenoxy) is 2. The molecule has 1 N–H and O–H groups in total. The van der Waals surface area contributed by atoms with E-state index in [1.54, 1.807) is 18.2 Å². The molecule has 2 aliphatic rings. The third-order valence-electron chi connectivity index (χ3n) is 6.27. The maximum atomic E-state index is 13.6. The molecule has 2 heterocycles. The van der Waals surface area contributed by atoms with Crippen LogP contribution in [0, 0.1) is 11.6 Å². The van der Waals surface area contributed by atoms with Gasteiger partial charge in [-0.2, -0.15) is 0 Å². The van der Waals surface area contributed by atoms with E-state index in [0.717, 1.165) is 37.4 Å². The van der Waals surface area contributed by atoms with Gasteiger partial charge >= 0.3 is 0 Å². The maximum Gasteiger partial charge on any atom is 0.251 e. The van der Waals surface area contributed by atoms with Crippen molar-refractivity contribution in [2.75, 3.05) is 44.4 Å². The molecule has 1 amide bonds. The molecule has 1 atom stereocenters. The molecule has 5 rings (SSSR count). The summed E-state index contributed by atoms with van der Waals surface area (Å²) in [6.07, 6.45) is 0. The molecule has 0 spiro atoms. The van der Waals surface area contributed by atoms with E-state index < -0.39 is 5.82 Å². The van der Waals surface area contributed by atoms with E-state index in [1.165, 1.54) is 30.3 Å². The standard InChI is InChI=1S/C26H25F2N3O3/c27-20-5-7-22(8-6-20)30-10-12-31(13-11-30)23(18-4-9-24-25(15-18)34-17-33-24)16-29-26(32)19-2-1-3-21(28)14-19/h1-9,14-15,23H,10-13,16-17H2,(H,29,32). The smallest absolute Gasteiger partial charge is 0.251 e. The number of carbonyl (C=O) groups is 1. The van der Waals surface area contributed by atoms with Crippen LogP contribution < -0.4 is 19.7 Å². The topological polar surface area (TPSA) is 54.0 Å². The fourth-order valence-electron chi connectivity index (χ4n) is 4.44. The number of carbonyl (C=O) groups excluding carboxylic acids is 1. The van der Waals surface area contributed by atoms with Gasteiger partial charge in [0, 0.05) is 44.0 Å². The summed E-state index contributed by atoms with van der Waals surface area (Å²) in [6, 6.07) is 17.9. The lowest BCUT2D eigenvalue weighted by molar-refractivity contribution is 0.0929. The highest BCUT2D eigenvalue weighted by atomic mass is 19.1. The molecule has 3 aromatic rings. The Morgan fingerprint density at radius 2 is 1.65 bits per heavy atom. The van der Waals surface area contributed by atoms with Crippen LogP contribution >= 0.6 is 0 Å². The summed E-state index contributed by atoms with van der Waals surface area (Å²) in [5.41, 5.74) is 2.27. The van der Waals surface area contributed by atoms with Gasteiger partial charge < -0.3 is 19.7 Å². The average molecular weight is 466 g/mol. The minimum atomic E-state index is -0.447. The number of fused-ring (bicyclic) bond motifs is 1. The number of benzene rings is 3. The number of halogens is 2. The van der Waals surface area contributed by atoms with Crippen molar-refractivity contribution in [3.8, 4) is 11.5 Å². The van der Waals surface area contributed by atoms with Gasteiger partial charge in [-0.3, -0.25) is 9.69 Å². The van der Waals surface area contributed by atoms with E-state index in [1.807, 2.05) is 18.2 Å². The van der Waals surface area contributed by atoms with Crippen LogP contribution in [0.2, 0.25) is 0 Å². The lowest BCUT2D eigenvalue weighted by Crippen LogP contribution is -2.50. The molecule has 1 saturated heterocycles. The number of nitrogens with one attached hydrogen (secondary N) is 1. The largest absolute Gasteiger partial charge is 0.454 e. The minimum absolute atomic E-state index is 0.109. The van der Waals surface area contributed by atoms with Crippen molar-refractivity contribution < 1.29 is 23.0 Å². The van der Waals surface area contributed by atoms with Gasteiger partial charge in [0.2, 0.25) is 6.79 Å². The van der Waals surface area contributed by atoms with Crippen LogP contribution in [-0.4, -0.2) is 50.3 Å². The van der Waals surface area contributed by atoms with Crippen molar-refractivity contribution in [3.63, 3.8) is 0 Å². The summed E-state index contributed by atoms with van der Waals surface area (Å²) in [5.74, 6) is 0.364. The molecule has 0 radical (unpaired) electrons. The lowest BCUT2D eigenvalue weighted by Gasteiger charge is -2.40. The molecular weight excluding hydrogens is 440 g/mol. The average Bonchev–Trinajstić information content (AvgIpc) is 3.33. The van der Waals surface area contributed by atoms with Crippen molar-refractivity contribution in [2.45, 2.75) is 6.04 Å². The van der Waals surface area contributed by atoms with Crippen LogP contribution in [0.25, 0.3) is 0 Å². The highest BCUT2D eigenvalue weighted by Gasteiger charge is 2.27. The second-order valence-corrected chi connectivity index (χ2v) is 8.35.